The Morgan fingerprint density at radius 2 is 1.87 bits per heavy atom. The molecule has 0 aliphatic rings. The van der Waals surface area contributed by atoms with Crippen LogP contribution in [0.4, 0.5) is 0 Å². The van der Waals surface area contributed by atoms with Crippen LogP contribution < -0.4 is 15.8 Å². The first kappa shape index (κ1) is 33.5. The number of nitrogens with one attached hydrogen (secondary N) is 2. The Balaban J connectivity index is 0.000000735. The lowest BCUT2D eigenvalue weighted by Gasteiger charge is -2.08. The van der Waals surface area contributed by atoms with E-state index in [1.165, 1.54) is 0 Å². The highest BCUT2D eigenvalue weighted by Gasteiger charge is 2.12. The smallest absolute Gasteiger partial charge is 0.223 e. The first-order valence-corrected chi connectivity index (χ1v) is 14.2. The molecule has 0 atom stereocenters. The van der Waals surface area contributed by atoms with Crippen molar-refractivity contribution in [3.63, 3.8) is 0 Å². The van der Waals surface area contributed by atoms with Crippen molar-refractivity contribution in [2.24, 2.45) is 5.73 Å². The summed E-state index contributed by atoms with van der Waals surface area (Å²) in [6.45, 7) is 13.7. The molecule has 0 fully saturated rings. The van der Waals surface area contributed by atoms with Crippen LogP contribution in [0, 0.1) is 0 Å². The monoisotopic (exact) mass is 551 g/mol. The number of aromatic amines is 1. The van der Waals surface area contributed by atoms with Gasteiger partial charge in [-0.1, -0.05) is 83.6 Å². The zero-order chi connectivity index (χ0) is 29.0. The molecule has 4 N–H and O–H groups in total. The number of aromatic nitrogens is 3. The molecule has 0 unspecified atom stereocenters. The second-order valence-electron chi connectivity index (χ2n) is 8.75. The van der Waals surface area contributed by atoms with Crippen molar-refractivity contribution in [1.29, 1.82) is 0 Å². The van der Waals surface area contributed by atoms with Gasteiger partial charge in [0.2, 0.25) is 11.8 Å². The molecule has 0 aliphatic carbocycles. The Bertz CT molecular complexity index is 1190. The average molecular weight is 552 g/mol. The molecule has 0 spiro atoms. The molecule has 3 rings (SSSR count). The van der Waals surface area contributed by atoms with Gasteiger partial charge in [0.05, 0.1) is 30.1 Å². The number of nitrogens with zero attached hydrogens (tertiary/aromatic N) is 2. The summed E-state index contributed by atoms with van der Waals surface area (Å²) in [5.74, 6) is 1.40. The molecule has 39 heavy (non-hydrogen) atoms. The number of methoxy groups -OCH3 is 1. The number of thiocarbonyl (C=S) groups is 1. The first-order chi connectivity index (χ1) is 18.9. The van der Waals surface area contributed by atoms with Crippen molar-refractivity contribution >= 4 is 34.0 Å². The van der Waals surface area contributed by atoms with Crippen LogP contribution in [0.25, 0.3) is 22.2 Å². The molecule has 0 bridgehead atoms. The minimum atomic E-state index is -0.193. The van der Waals surface area contributed by atoms with Gasteiger partial charge >= 0.3 is 0 Å². The minimum absolute atomic E-state index is 0.193. The van der Waals surface area contributed by atoms with Gasteiger partial charge in [0.1, 0.15) is 10.8 Å². The van der Waals surface area contributed by atoms with E-state index in [2.05, 4.69) is 45.6 Å². The number of fused-ring (bicyclic) bond motifs is 1. The van der Waals surface area contributed by atoms with Gasteiger partial charge in [-0.15, -0.1) is 0 Å². The third-order valence-corrected chi connectivity index (χ3v) is 6.18. The highest BCUT2D eigenvalue weighted by Crippen LogP contribution is 2.30. The molecule has 8 heteroatoms. The number of unbranched alkanes of at least 4 members (excludes halogenated alkanes) is 4. The first-order valence-electron chi connectivity index (χ1n) is 13.7. The number of carbonyl (C=O) groups is 1. The Morgan fingerprint density at radius 1 is 1.15 bits per heavy atom. The fourth-order valence-corrected chi connectivity index (χ4v) is 3.90. The number of hydrogen-bond donors (Lipinski definition) is 3. The van der Waals surface area contributed by atoms with E-state index in [1.54, 1.807) is 13.3 Å². The highest BCUT2D eigenvalue weighted by atomic mass is 32.1. The van der Waals surface area contributed by atoms with E-state index in [9.17, 15) is 4.79 Å². The summed E-state index contributed by atoms with van der Waals surface area (Å²) in [6, 6.07) is 10.1. The van der Waals surface area contributed by atoms with Crippen LogP contribution >= 0.6 is 12.2 Å². The number of nitrogens with two attached hydrogens (primary N) is 1. The number of carbonyl (C=O) groups excluding carboxylic acids is 1. The Labute approximate surface area is 239 Å². The predicted molar refractivity (Wildman–Crippen MR) is 168 cm³/mol. The summed E-state index contributed by atoms with van der Waals surface area (Å²) in [4.78, 5) is 23.3. The van der Waals surface area contributed by atoms with Crippen LogP contribution in [0.2, 0.25) is 0 Å². The van der Waals surface area contributed by atoms with E-state index in [4.69, 9.17) is 22.7 Å². The third kappa shape index (κ3) is 12.3. The summed E-state index contributed by atoms with van der Waals surface area (Å²) >= 11 is 5.22. The fraction of sp³-hybridized carbons (Fsp3) is 0.419. The molecular formula is C31H45N5O2S. The number of ether oxygens (including phenoxy) is 1. The Morgan fingerprint density at radius 3 is 2.51 bits per heavy atom. The summed E-state index contributed by atoms with van der Waals surface area (Å²) in [6.07, 6.45) is 12.3. The van der Waals surface area contributed by atoms with Gasteiger partial charge < -0.3 is 20.8 Å². The van der Waals surface area contributed by atoms with Gasteiger partial charge in [0.25, 0.3) is 0 Å². The fourth-order valence-electron chi connectivity index (χ4n) is 3.72. The predicted octanol–water partition coefficient (Wildman–Crippen LogP) is 7.43. The minimum Gasteiger partial charge on any atom is -0.480 e. The molecule has 2 heterocycles. The number of aryl methyl sites for hydroxylation is 1. The van der Waals surface area contributed by atoms with Gasteiger partial charge in [-0.05, 0) is 49.6 Å². The van der Waals surface area contributed by atoms with Crippen molar-refractivity contribution in [3.8, 4) is 17.1 Å². The zero-order valence-corrected chi connectivity index (χ0v) is 24.8. The maximum Gasteiger partial charge on any atom is 0.223 e. The van der Waals surface area contributed by atoms with Gasteiger partial charge in [0.15, 0.2) is 0 Å². The van der Waals surface area contributed by atoms with E-state index in [0.29, 0.717) is 17.3 Å². The molecule has 212 valence electrons. The Hall–Kier alpha value is -3.52. The van der Waals surface area contributed by atoms with Crippen molar-refractivity contribution in [3.05, 3.63) is 67.3 Å². The largest absolute Gasteiger partial charge is 0.480 e. The third-order valence-electron chi connectivity index (χ3n) is 5.77. The quantitative estimate of drug-likeness (QED) is 0.109. The van der Waals surface area contributed by atoms with Crippen LogP contribution in [0.15, 0.2) is 61.5 Å². The molecule has 0 radical (unpaired) electrons. The summed E-state index contributed by atoms with van der Waals surface area (Å²) in [7, 11) is 1.65. The van der Waals surface area contributed by atoms with Crippen molar-refractivity contribution in [2.45, 2.75) is 78.6 Å². The SMILES string of the molecule is C=CNC(=S)C(=C)CCCCCCc1ncc(-c2cc3ccccc3nc2OC)[nH]1.CC.CCCCC(N)=O. The van der Waals surface area contributed by atoms with E-state index >= 15 is 0 Å². The molecule has 1 amide bonds. The van der Waals surface area contributed by atoms with Crippen molar-refractivity contribution in [1.82, 2.24) is 20.3 Å². The molecule has 1 aromatic carbocycles. The number of para-hydroxylation sites is 1. The number of amides is 1. The lowest BCUT2D eigenvalue weighted by Crippen LogP contribution is -2.15. The van der Waals surface area contributed by atoms with Crippen LogP contribution in [0.1, 0.15) is 78.0 Å². The Kier molecular flexibility index (Phi) is 16.8. The summed E-state index contributed by atoms with van der Waals surface area (Å²) in [5, 5.41) is 4.00. The van der Waals surface area contributed by atoms with Crippen LogP contribution in [-0.2, 0) is 11.2 Å². The maximum absolute atomic E-state index is 9.98. The number of H-pyrrole nitrogens is 1. The second kappa shape index (κ2) is 19.5. The number of benzene rings is 1. The average Bonchev–Trinajstić information content (AvgIpc) is 3.43. The molecule has 2 aromatic heterocycles. The van der Waals surface area contributed by atoms with Crippen molar-refractivity contribution in [2.75, 3.05) is 7.11 Å². The van der Waals surface area contributed by atoms with Crippen LogP contribution in [0.3, 0.4) is 0 Å². The highest BCUT2D eigenvalue weighted by molar-refractivity contribution is 7.80. The topological polar surface area (TPSA) is 106 Å². The molecule has 0 saturated carbocycles. The summed E-state index contributed by atoms with van der Waals surface area (Å²) < 4.78 is 5.51. The van der Waals surface area contributed by atoms with Gasteiger partial charge in [0, 0.05) is 18.2 Å². The normalized spacial score (nSPS) is 9.95. The van der Waals surface area contributed by atoms with Crippen LogP contribution in [0.5, 0.6) is 5.88 Å². The standard InChI is InChI=1S/C24H28N4OS.C5H11NO.C2H6/c1-4-25-24(30)17(2)11-7-5-6-8-14-22-26-16-21(27-22)19-15-18-12-9-10-13-20(18)28-23(19)29-3;1-2-3-4-5(6)7;1-2/h4,9-10,12-13,15-16H,1-2,5-8,11,14H2,3H3,(H,25,30)(H,26,27);2-4H2,1H3,(H2,6,7);1-2H3. The molecule has 7 nitrogen and oxygen atoms in total. The van der Waals surface area contributed by atoms with Gasteiger partial charge in [-0.2, -0.15) is 0 Å². The number of rotatable bonds is 14. The number of pyridine rings is 1. The van der Waals surface area contributed by atoms with E-state index in [-0.39, 0.29) is 5.91 Å². The van der Waals surface area contributed by atoms with E-state index in [0.717, 1.165) is 84.9 Å². The number of imidazole rings is 1. The lowest BCUT2D eigenvalue weighted by atomic mass is 10.1. The number of hydrogen-bond acceptors (Lipinski definition) is 5. The molecule has 0 saturated heterocycles. The van der Waals surface area contributed by atoms with Gasteiger partial charge in [-0.3, -0.25) is 4.79 Å². The molecule has 3 aromatic rings. The van der Waals surface area contributed by atoms with Crippen LogP contribution in [-0.4, -0.2) is 33.0 Å². The molecular weight excluding hydrogens is 506 g/mol. The van der Waals surface area contributed by atoms with Crippen molar-refractivity contribution < 1.29 is 9.53 Å². The lowest BCUT2D eigenvalue weighted by molar-refractivity contribution is -0.118. The van der Waals surface area contributed by atoms with E-state index in [1.807, 2.05) is 45.2 Å². The van der Waals surface area contributed by atoms with Gasteiger partial charge in [-0.25, -0.2) is 9.97 Å². The maximum atomic E-state index is 9.98. The second-order valence-corrected chi connectivity index (χ2v) is 9.15. The number of primary amides is 1. The van der Waals surface area contributed by atoms with E-state index < -0.39 is 0 Å². The molecule has 0 aliphatic heterocycles. The summed E-state index contributed by atoms with van der Waals surface area (Å²) in [5.41, 5.74) is 8.59. The zero-order valence-electron chi connectivity index (χ0n) is 24.0.